The van der Waals surface area contributed by atoms with Crippen molar-refractivity contribution >= 4 is 29.5 Å². The van der Waals surface area contributed by atoms with Crippen LogP contribution in [0.5, 0.6) is 11.5 Å². The number of carbonyl (C=O) groups excluding carboxylic acids is 2. The summed E-state index contributed by atoms with van der Waals surface area (Å²) in [5, 5.41) is 2.68. The Labute approximate surface area is 201 Å². The summed E-state index contributed by atoms with van der Waals surface area (Å²) in [6.45, 7) is 3.87. The van der Waals surface area contributed by atoms with E-state index in [-0.39, 0.29) is 29.9 Å². The summed E-state index contributed by atoms with van der Waals surface area (Å²) in [4.78, 5) is 27.9. The quantitative estimate of drug-likeness (QED) is 0.362. The number of hydrogen-bond donors (Lipinski definition) is 1. The molecular weight excluding hydrogens is 451 g/mol. The normalized spacial score (nSPS) is 13.9. The van der Waals surface area contributed by atoms with Gasteiger partial charge in [0.1, 0.15) is 12.4 Å². The van der Waals surface area contributed by atoms with Crippen molar-refractivity contribution in [1.82, 2.24) is 0 Å². The maximum absolute atomic E-state index is 13.4. The number of hydrogen-bond acceptors (Lipinski definition) is 6. The van der Waals surface area contributed by atoms with E-state index in [1.807, 2.05) is 6.92 Å². The van der Waals surface area contributed by atoms with E-state index in [4.69, 9.17) is 14.2 Å². The lowest BCUT2D eigenvalue weighted by Gasteiger charge is -2.13. The average molecular weight is 474 g/mol. The summed E-state index contributed by atoms with van der Waals surface area (Å²) >= 11 is 0. The number of ether oxygens (including phenoxy) is 3. The van der Waals surface area contributed by atoms with E-state index >= 15 is 0 Å². The first-order valence-corrected chi connectivity index (χ1v) is 11.0. The fourth-order valence-corrected chi connectivity index (χ4v) is 3.38. The van der Waals surface area contributed by atoms with Crippen molar-refractivity contribution in [2.75, 3.05) is 11.9 Å². The maximum atomic E-state index is 13.4. The summed E-state index contributed by atoms with van der Waals surface area (Å²) in [6, 6.07) is 18.2. The molecule has 0 bridgehead atoms. The SMILES string of the molecule is CCOc1cc(/C=C2\N=C(c3ccc(NC(C)=O)cc3)OC2=O)ccc1OCc1cccc(F)c1. The fraction of sp³-hybridized carbons (Fsp3) is 0.148. The van der Waals surface area contributed by atoms with Crippen molar-refractivity contribution in [2.24, 2.45) is 4.99 Å². The van der Waals surface area contributed by atoms with Gasteiger partial charge in [-0.2, -0.15) is 0 Å². The second-order valence-electron chi connectivity index (χ2n) is 7.65. The van der Waals surface area contributed by atoms with Gasteiger partial charge in [-0.15, -0.1) is 0 Å². The molecular formula is C27H23FN2O5. The second-order valence-corrected chi connectivity index (χ2v) is 7.65. The van der Waals surface area contributed by atoms with Crippen LogP contribution in [0, 0.1) is 5.82 Å². The van der Waals surface area contributed by atoms with Crippen LogP contribution in [0.1, 0.15) is 30.5 Å². The first-order chi connectivity index (χ1) is 16.9. The van der Waals surface area contributed by atoms with Crippen LogP contribution in [-0.2, 0) is 20.9 Å². The van der Waals surface area contributed by atoms with Crippen molar-refractivity contribution in [3.05, 3.63) is 94.9 Å². The molecule has 8 heteroatoms. The Kier molecular flexibility index (Phi) is 7.21. The highest BCUT2D eigenvalue weighted by atomic mass is 19.1. The van der Waals surface area contributed by atoms with Crippen LogP contribution in [0.25, 0.3) is 6.08 Å². The van der Waals surface area contributed by atoms with Crippen molar-refractivity contribution in [1.29, 1.82) is 0 Å². The molecule has 1 amide bonds. The molecule has 0 unspecified atom stereocenters. The number of benzene rings is 3. The van der Waals surface area contributed by atoms with Gasteiger partial charge in [0.25, 0.3) is 0 Å². The van der Waals surface area contributed by atoms with Crippen LogP contribution in [-0.4, -0.2) is 24.4 Å². The molecule has 0 saturated heterocycles. The molecule has 3 aromatic rings. The van der Waals surface area contributed by atoms with Crippen molar-refractivity contribution < 1.29 is 28.2 Å². The number of halogens is 1. The predicted octanol–water partition coefficient (Wildman–Crippen LogP) is 5.11. The zero-order chi connectivity index (χ0) is 24.8. The molecule has 0 saturated carbocycles. The number of cyclic esters (lactones) is 1. The summed E-state index contributed by atoms with van der Waals surface area (Å²) in [5.74, 6) is 0.0821. The van der Waals surface area contributed by atoms with Crippen LogP contribution < -0.4 is 14.8 Å². The summed E-state index contributed by atoms with van der Waals surface area (Å²) < 4.78 is 30.3. The third-order valence-corrected chi connectivity index (χ3v) is 4.93. The molecule has 1 aliphatic heterocycles. The highest BCUT2D eigenvalue weighted by Crippen LogP contribution is 2.31. The van der Waals surface area contributed by atoms with Gasteiger partial charge < -0.3 is 19.5 Å². The van der Waals surface area contributed by atoms with E-state index < -0.39 is 5.97 Å². The number of aliphatic imine (C=N–C) groups is 1. The minimum absolute atomic E-state index is 0.141. The lowest BCUT2D eigenvalue weighted by Crippen LogP contribution is -2.07. The van der Waals surface area contributed by atoms with Gasteiger partial charge in [-0.1, -0.05) is 18.2 Å². The van der Waals surface area contributed by atoms with Crippen LogP contribution >= 0.6 is 0 Å². The molecule has 0 radical (unpaired) electrons. The van der Waals surface area contributed by atoms with E-state index in [1.54, 1.807) is 60.7 Å². The van der Waals surface area contributed by atoms with E-state index in [0.717, 1.165) is 0 Å². The van der Waals surface area contributed by atoms with Crippen molar-refractivity contribution in [3.8, 4) is 11.5 Å². The second kappa shape index (κ2) is 10.6. The van der Waals surface area contributed by atoms with Gasteiger partial charge in [0, 0.05) is 18.2 Å². The molecule has 0 aliphatic carbocycles. The van der Waals surface area contributed by atoms with Crippen LogP contribution in [0.15, 0.2) is 77.4 Å². The first kappa shape index (κ1) is 23.7. The molecule has 0 fully saturated rings. The van der Waals surface area contributed by atoms with Gasteiger partial charge >= 0.3 is 5.97 Å². The summed E-state index contributed by atoms with van der Waals surface area (Å²) in [5.41, 5.74) is 2.74. The lowest BCUT2D eigenvalue weighted by atomic mass is 10.1. The number of carbonyl (C=O) groups is 2. The minimum Gasteiger partial charge on any atom is -0.490 e. The molecule has 178 valence electrons. The Bertz CT molecular complexity index is 1320. The Morgan fingerprint density at radius 2 is 1.86 bits per heavy atom. The Morgan fingerprint density at radius 3 is 2.57 bits per heavy atom. The van der Waals surface area contributed by atoms with Crippen LogP contribution in [0.4, 0.5) is 10.1 Å². The summed E-state index contributed by atoms with van der Waals surface area (Å²) in [6.07, 6.45) is 1.60. The van der Waals surface area contributed by atoms with Crippen molar-refractivity contribution in [2.45, 2.75) is 20.5 Å². The monoisotopic (exact) mass is 474 g/mol. The van der Waals surface area contributed by atoms with Gasteiger partial charge in [-0.3, -0.25) is 4.79 Å². The number of anilines is 1. The molecule has 4 rings (SSSR count). The van der Waals surface area contributed by atoms with Crippen molar-refractivity contribution in [3.63, 3.8) is 0 Å². The Balaban J connectivity index is 1.52. The number of esters is 1. The van der Waals surface area contributed by atoms with Gasteiger partial charge in [-0.05, 0) is 72.7 Å². The number of amides is 1. The third-order valence-electron chi connectivity index (χ3n) is 4.93. The average Bonchev–Trinajstić information content (AvgIpc) is 3.19. The number of rotatable bonds is 8. The van der Waals surface area contributed by atoms with E-state index in [9.17, 15) is 14.0 Å². The third kappa shape index (κ3) is 6.11. The Hall–Kier alpha value is -4.46. The smallest absolute Gasteiger partial charge is 0.363 e. The molecule has 1 heterocycles. The van der Waals surface area contributed by atoms with Gasteiger partial charge in [0.2, 0.25) is 11.8 Å². The van der Waals surface area contributed by atoms with Gasteiger partial charge in [0.15, 0.2) is 17.2 Å². The highest BCUT2D eigenvalue weighted by molar-refractivity contribution is 6.13. The molecule has 7 nitrogen and oxygen atoms in total. The first-order valence-electron chi connectivity index (χ1n) is 11.0. The van der Waals surface area contributed by atoms with Crippen LogP contribution in [0.3, 0.4) is 0 Å². The van der Waals surface area contributed by atoms with Crippen LogP contribution in [0.2, 0.25) is 0 Å². The fourth-order valence-electron chi connectivity index (χ4n) is 3.38. The Morgan fingerprint density at radius 1 is 1.06 bits per heavy atom. The molecule has 0 atom stereocenters. The largest absolute Gasteiger partial charge is 0.490 e. The molecule has 1 aliphatic rings. The van der Waals surface area contributed by atoms with Gasteiger partial charge in [0.05, 0.1) is 6.61 Å². The molecule has 3 aromatic carbocycles. The number of nitrogens with one attached hydrogen (secondary N) is 1. The van der Waals surface area contributed by atoms with E-state index in [2.05, 4.69) is 10.3 Å². The molecule has 35 heavy (non-hydrogen) atoms. The molecule has 0 spiro atoms. The summed E-state index contributed by atoms with van der Waals surface area (Å²) in [7, 11) is 0. The standard InChI is InChI=1S/C27H23FN2O5/c1-3-33-25-15-18(7-12-24(25)34-16-19-5-4-6-21(28)13-19)14-23-27(32)35-26(30-23)20-8-10-22(11-9-20)29-17(2)31/h4-15H,3,16H2,1-2H3,(H,29,31)/b23-14-. The van der Waals surface area contributed by atoms with Gasteiger partial charge in [-0.25, -0.2) is 14.2 Å². The predicted molar refractivity (Wildman–Crippen MR) is 130 cm³/mol. The maximum Gasteiger partial charge on any atom is 0.363 e. The van der Waals surface area contributed by atoms with E-state index in [1.165, 1.54) is 19.1 Å². The molecule has 1 N–H and O–H groups in total. The number of nitrogens with zero attached hydrogens (tertiary/aromatic N) is 1. The molecule has 0 aromatic heterocycles. The topological polar surface area (TPSA) is 86.2 Å². The lowest BCUT2D eigenvalue weighted by molar-refractivity contribution is -0.129. The zero-order valence-electron chi connectivity index (χ0n) is 19.2. The van der Waals surface area contributed by atoms with E-state index in [0.29, 0.717) is 40.5 Å². The highest BCUT2D eigenvalue weighted by Gasteiger charge is 2.24. The zero-order valence-corrected chi connectivity index (χ0v) is 19.2. The minimum atomic E-state index is -0.574.